The molecule has 1 atom stereocenters. The second kappa shape index (κ2) is 8.28. The number of nitrogens with one attached hydrogen (secondary N) is 1. The SMILES string of the molecule is COc1ccc(C(=O)NCC(c2cccs2)N2CCOCC2)cc1. The number of ether oxygens (including phenoxy) is 2. The number of hydrogen-bond acceptors (Lipinski definition) is 5. The van der Waals surface area contributed by atoms with E-state index in [2.05, 4.69) is 27.7 Å². The van der Waals surface area contributed by atoms with Crippen molar-refractivity contribution in [3.8, 4) is 5.75 Å². The first kappa shape index (κ1) is 17.0. The highest BCUT2D eigenvalue weighted by Gasteiger charge is 2.24. The van der Waals surface area contributed by atoms with Crippen LogP contribution in [0.4, 0.5) is 0 Å². The number of hydrogen-bond donors (Lipinski definition) is 1. The van der Waals surface area contributed by atoms with E-state index in [0.29, 0.717) is 12.1 Å². The van der Waals surface area contributed by atoms with Gasteiger partial charge < -0.3 is 14.8 Å². The second-order valence-corrected chi connectivity index (χ2v) is 6.60. The number of benzene rings is 1. The highest BCUT2D eigenvalue weighted by atomic mass is 32.1. The van der Waals surface area contributed by atoms with Crippen LogP contribution in [0.25, 0.3) is 0 Å². The molecule has 1 fully saturated rings. The molecule has 0 bridgehead atoms. The molecule has 1 aromatic carbocycles. The van der Waals surface area contributed by atoms with Crippen molar-refractivity contribution < 1.29 is 14.3 Å². The third-order valence-electron chi connectivity index (χ3n) is 4.17. The molecule has 6 heteroatoms. The molecule has 128 valence electrons. The molecular formula is C18H22N2O3S. The van der Waals surface area contributed by atoms with Crippen molar-refractivity contribution in [3.63, 3.8) is 0 Å². The Labute approximate surface area is 146 Å². The Morgan fingerprint density at radius 2 is 2.04 bits per heavy atom. The number of thiophene rings is 1. The Kier molecular flexibility index (Phi) is 5.85. The van der Waals surface area contributed by atoms with E-state index in [1.165, 1.54) is 4.88 Å². The number of amides is 1. The molecule has 0 saturated carbocycles. The molecule has 2 heterocycles. The van der Waals surface area contributed by atoms with Crippen LogP contribution >= 0.6 is 11.3 Å². The van der Waals surface area contributed by atoms with Gasteiger partial charge in [0.15, 0.2) is 0 Å². The zero-order chi connectivity index (χ0) is 16.8. The molecule has 1 unspecified atom stereocenters. The monoisotopic (exact) mass is 346 g/mol. The predicted molar refractivity (Wildman–Crippen MR) is 94.8 cm³/mol. The summed E-state index contributed by atoms with van der Waals surface area (Å²) in [5.41, 5.74) is 0.641. The van der Waals surface area contributed by atoms with Crippen LogP contribution in [0.2, 0.25) is 0 Å². The molecule has 1 aliphatic rings. The van der Waals surface area contributed by atoms with Gasteiger partial charge in [0.05, 0.1) is 26.4 Å². The Bertz CT molecular complexity index is 637. The van der Waals surface area contributed by atoms with Gasteiger partial charge in [0.25, 0.3) is 5.91 Å². The lowest BCUT2D eigenvalue weighted by Crippen LogP contribution is -2.43. The van der Waals surface area contributed by atoms with Crippen LogP contribution in [0.1, 0.15) is 21.3 Å². The van der Waals surface area contributed by atoms with Crippen LogP contribution in [-0.4, -0.2) is 50.8 Å². The molecule has 1 N–H and O–H groups in total. The summed E-state index contributed by atoms with van der Waals surface area (Å²) >= 11 is 1.73. The van der Waals surface area contributed by atoms with E-state index in [-0.39, 0.29) is 11.9 Å². The normalized spacial score (nSPS) is 16.5. The smallest absolute Gasteiger partial charge is 0.251 e. The molecule has 1 saturated heterocycles. The first-order valence-corrected chi connectivity index (χ1v) is 8.93. The van der Waals surface area contributed by atoms with Gasteiger partial charge in [0, 0.05) is 30.1 Å². The summed E-state index contributed by atoms with van der Waals surface area (Å²) in [6, 6.07) is 11.5. The van der Waals surface area contributed by atoms with Gasteiger partial charge in [-0.1, -0.05) is 6.07 Å². The van der Waals surface area contributed by atoms with E-state index in [1.54, 1.807) is 42.7 Å². The highest BCUT2D eigenvalue weighted by molar-refractivity contribution is 7.10. The zero-order valence-electron chi connectivity index (χ0n) is 13.7. The van der Waals surface area contributed by atoms with Crippen molar-refractivity contribution >= 4 is 17.2 Å². The minimum Gasteiger partial charge on any atom is -0.497 e. The predicted octanol–water partition coefficient (Wildman–Crippen LogP) is 2.56. The van der Waals surface area contributed by atoms with Crippen LogP contribution in [-0.2, 0) is 4.74 Å². The average Bonchev–Trinajstić information content (AvgIpc) is 3.17. The van der Waals surface area contributed by atoms with E-state index in [1.807, 2.05) is 0 Å². The van der Waals surface area contributed by atoms with Crippen LogP contribution in [0.3, 0.4) is 0 Å². The Hall–Kier alpha value is -1.89. The zero-order valence-corrected chi connectivity index (χ0v) is 14.6. The van der Waals surface area contributed by atoms with E-state index in [4.69, 9.17) is 9.47 Å². The van der Waals surface area contributed by atoms with Crippen molar-refractivity contribution in [2.45, 2.75) is 6.04 Å². The Morgan fingerprint density at radius 3 is 2.67 bits per heavy atom. The van der Waals surface area contributed by atoms with Gasteiger partial charge in [-0.05, 0) is 35.7 Å². The summed E-state index contributed by atoms with van der Waals surface area (Å²) in [6.07, 6.45) is 0. The van der Waals surface area contributed by atoms with Gasteiger partial charge in [-0.3, -0.25) is 9.69 Å². The Balaban J connectivity index is 1.65. The number of methoxy groups -OCH3 is 1. The van der Waals surface area contributed by atoms with Gasteiger partial charge in [-0.15, -0.1) is 11.3 Å². The first-order valence-electron chi connectivity index (χ1n) is 8.05. The second-order valence-electron chi connectivity index (χ2n) is 5.62. The van der Waals surface area contributed by atoms with Crippen molar-refractivity contribution in [1.29, 1.82) is 0 Å². The fourth-order valence-electron chi connectivity index (χ4n) is 2.81. The summed E-state index contributed by atoms with van der Waals surface area (Å²) in [6.45, 7) is 3.86. The molecule has 1 amide bonds. The maximum absolute atomic E-state index is 12.4. The Morgan fingerprint density at radius 1 is 1.29 bits per heavy atom. The quantitative estimate of drug-likeness (QED) is 0.873. The van der Waals surface area contributed by atoms with Crippen molar-refractivity contribution in [2.24, 2.45) is 0 Å². The third kappa shape index (κ3) is 4.14. The largest absolute Gasteiger partial charge is 0.497 e. The van der Waals surface area contributed by atoms with Gasteiger partial charge in [0.2, 0.25) is 0 Å². The summed E-state index contributed by atoms with van der Waals surface area (Å²) < 4.78 is 10.6. The number of carbonyl (C=O) groups excluding carboxylic acids is 1. The molecule has 1 aliphatic heterocycles. The van der Waals surface area contributed by atoms with Crippen LogP contribution < -0.4 is 10.1 Å². The number of carbonyl (C=O) groups is 1. The molecule has 0 aliphatic carbocycles. The lowest BCUT2D eigenvalue weighted by molar-refractivity contribution is 0.0169. The molecular weight excluding hydrogens is 324 g/mol. The first-order chi connectivity index (χ1) is 11.8. The summed E-state index contributed by atoms with van der Waals surface area (Å²) in [7, 11) is 1.61. The fourth-order valence-corrected chi connectivity index (χ4v) is 3.67. The number of morpholine rings is 1. The summed E-state index contributed by atoms with van der Waals surface area (Å²) in [5.74, 6) is 0.684. The molecule has 2 aromatic rings. The van der Waals surface area contributed by atoms with Gasteiger partial charge in [-0.2, -0.15) is 0 Å². The molecule has 5 nitrogen and oxygen atoms in total. The minimum atomic E-state index is -0.0625. The lowest BCUT2D eigenvalue weighted by atomic mass is 10.1. The molecule has 3 rings (SSSR count). The number of rotatable bonds is 6. The van der Waals surface area contributed by atoms with Crippen molar-refractivity contribution in [1.82, 2.24) is 10.2 Å². The molecule has 1 aromatic heterocycles. The molecule has 0 radical (unpaired) electrons. The molecule has 24 heavy (non-hydrogen) atoms. The van der Waals surface area contributed by atoms with Crippen LogP contribution in [0, 0.1) is 0 Å². The van der Waals surface area contributed by atoms with E-state index < -0.39 is 0 Å². The van der Waals surface area contributed by atoms with Crippen molar-refractivity contribution in [2.75, 3.05) is 40.0 Å². The van der Waals surface area contributed by atoms with E-state index >= 15 is 0 Å². The fraction of sp³-hybridized carbons (Fsp3) is 0.389. The molecule has 0 spiro atoms. The summed E-state index contributed by atoms with van der Waals surface area (Å²) in [4.78, 5) is 16.1. The topological polar surface area (TPSA) is 50.8 Å². The number of nitrogens with zero attached hydrogens (tertiary/aromatic N) is 1. The minimum absolute atomic E-state index is 0.0625. The van der Waals surface area contributed by atoms with E-state index in [9.17, 15) is 4.79 Å². The maximum atomic E-state index is 12.4. The van der Waals surface area contributed by atoms with Crippen LogP contribution in [0.5, 0.6) is 5.75 Å². The highest BCUT2D eigenvalue weighted by Crippen LogP contribution is 2.25. The lowest BCUT2D eigenvalue weighted by Gasteiger charge is -2.34. The van der Waals surface area contributed by atoms with Gasteiger partial charge >= 0.3 is 0 Å². The standard InChI is InChI=1S/C18H22N2O3S/c1-22-15-6-4-14(5-7-15)18(21)19-13-16(17-3-2-12-24-17)20-8-10-23-11-9-20/h2-7,12,16H,8-11,13H2,1H3,(H,19,21). The maximum Gasteiger partial charge on any atom is 0.251 e. The van der Waals surface area contributed by atoms with Gasteiger partial charge in [0.1, 0.15) is 5.75 Å². The average molecular weight is 346 g/mol. The van der Waals surface area contributed by atoms with Gasteiger partial charge in [-0.25, -0.2) is 0 Å². The third-order valence-corrected chi connectivity index (χ3v) is 5.14. The van der Waals surface area contributed by atoms with Crippen molar-refractivity contribution in [3.05, 3.63) is 52.2 Å². The van der Waals surface area contributed by atoms with E-state index in [0.717, 1.165) is 32.1 Å². The van der Waals surface area contributed by atoms with Crippen LogP contribution in [0.15, 0.2) is 41.8 Å². The summed E-state index contributed by atoms with van der Waals surface area (Å²) in [5, 5.41) is 5.14.